The molecule has 0 saturated carbocycles. The van der Waals surface area contributed by atoms with E-state index in [1.54, 1.807) is 7.11 Å². The average Bonchev–Trinajstić information content (AvgIpc) is 2.45. The van der Waals surface area contributed by atoms with Crippen LogP contribution in [0.15, 0.2) is 21.6 Å². The zero-order valence-corrected chi connectivity index (χ0v) is 15.0. The van der Waals surface area contributed by atoms with Crippen LogP contribution in [0.3, 0.4) is 0 Å². The van der Waals surface area contributed by atoms with Crippen LogP contribution in [0.5, 0.6) is 0 Å². The van der Waals surface area contributed by atoms with Gasteiger partial charge in [-0.1, -0.05) is 11.6 Å². The molecular weight excluding hydrogens is 384 g/mol. The van der Waals surface area contributed by atoms with Crippen LogP contribution in [0, 0.1) is 0 Å². The van der Waals surface area contributed by atoms with E-state index in [2.05, 4.69) is 20.9 Å². The van der Waals surface area contributed by atoms with Crippen LogP contribution in [0.2, 0.25) is 5.15 Å². The number of methoxy groups -OCH3 is 2. The Balaban J connectivity index is 3.04. The summed E-state index contributed by atoms with van der Waals surface area (Å²) in [6, 6.07) is 1.45. The Morgan fingerprint density at radius 3 is 2.57 bits per heavy atom. The minimum atomic E-state index is -3.73. The zero-order valence-electron chi connectivity index (χ0n) is 11.9. The Hall–Kier alpha value is -0.250. The lowest BCUT2D eigenvalue weighted by molar-refractivity contribution is 0.164. The Kier molecular flexibility index (Phi) is 8.07. The molecule has 0 aliphatic rings. The SMILES string of the molecule is COCCCN(CCOC)S(=O)(=O)c1cc(Br)cnc1Cl. The number of hydrogen-bond donors (Lipinski definition) is 0. The third-order valence-corrected chi connectivity index (χ3v) is 5.45. The molecule has 0 unspecified atom stereocenters. The second-order valence-electron chi connectivity index (χ2n) is 4.19. The molecule has 9 heteroatoms. The highest BCUT2D eigenvalue weighted by molar-refractivity contribution is 9.10. The van der Waals surface area contributed by atoms with Crippen LogP contribution in [0.4, 0.5) is 0 Å². The zero-order chi connectivity index (χ0) is 15.9. The third kappa shape index (κ3) is 5.46. The second-order valence-corrected chi connectivity index (χ2v) is 7.37. The van der Waals surface area contributed by atoms with Gasteiger partial charge in [0.2, 0.25) is 10.0 Å². The molecule has 1 heterocycles. The monoisotopic (exact) mass is 400 g/mol. The van der Waals surface area contributed by atoms with Gasteiger partial charge in [0.15, 0.2) is 0 Å². The number of halogens is 2. The van der Waals surface area contributed by atoms with E-state index in [1.807, 2.05) is 0 Å². The van der Waals surface area contributed by atoms with E-state index in [1.165, 1.54) is 23.7 Å². The van der Waals surface area contributed by atoms with Gasteiger partial charge in [-0.25, -0.2) is 13.4 Å². The van der Waals surface area contributed by atoms with E-state index in [-0.39, 0.29) is 16.6 Å². The summed E-state index contributed by atoms with van der Waals surface area (Å²) in [5.74, 6) is 0. The number of aromatic nitrogens is 1. The van der Waals surface area contributed by atoms with E-state index in [0.717, 1.165) is 0 Å². The van der Waals surface area contributed by atoms with Gasteiger partial charge in [0.25, 0.3) is 0 Å². The molecule has 0 N–H and O–H groups in total. The maximum atomic E-state index is 12.7. The van der Waals surface area contributed by atoms with Crippen LogP contribution in [-0.2, 0) is 19.5 Å². The molecular formula is C12H18BrClN2O4S. The van der Waals surface area contributed by atoms with Crippen molar-refractivity contribution in [1.82, 2.24) is 9.29 Å². The van der Waals surface area contributed by atoms with E-state index < -0.39 is 10.0 Å². The summed E-state index contributed by atoms with van der Waals surface area (Å²) in [5.41, 5.74) is 0. The Morgan fingerprint density at radius 2 is 1.95 bits per heavy atom. The van der Waals surface area contributed by atoms with Crippen molar-refractivity contribution in [3.8, 4) is 0 Å². The van der Waals surface area contributed by atoms with Crippen LogP contribution < -0.4 is 0 Å². The molecule has 0 aromatic carbocycles. The number of sulfonamides is 1. The lowest BCUT2D eigenvalue weighted by atomic mass is 10.4. The number of ether oxygens (including phenoxy) is 2. The van der Waals surface area contributed by atoms with Gasteiger partial charge in [-0.05, 0) is 28.4 Å². The second kappa shape index (κ2) is 9.02. The van der Waals surface area contributed by atoms with Crippen molar-refractivity contribution in [3.05, 3.63) is 21.9 Å². The first-order valence-corrected chi connectivity index (χ1v) is 8.83. The highest BCUT2D eigenvalue weighted by Gasteiger charge is 2.27. The minimum absolute atomic E-state index is 0.0212. The maximum Gasteiger partial charge on any atom is 0.246 e. The van der Waals surface area contributed by atoms with E-state index in [9.17, 15) is 8.42 Å². The number of hydrogen-bond acceptors (Lipinski definition) is 5. The molecule has 0 fully saturated rings. The molecule has 0 aliphatic heterocycles. The molecule has 0 radical (unpaired) electrons. The summed E-state index contributed by atoms with van der Waals surface area (Å²) in [4.78, 5) is 3.84. The normalized spacial score (nSPS) is 12.0. The molecule has 120 valence electrons. The fourth-order valence-corrected chi connectivity index (χ4v) is 4.04. The molecule has 1 rings (SSSR count). The number of nitrogens with zero attached hydrogens (tertiary/aromatic N) is 2. The van der Waals surface area contributed by atoms with Crippen molar-refractivity contribution < 1.29 is 17.9 Å². The molecule has 0 aliphatic carbocycles. The molecule has 21 heavy (non-hydrogen) atoms. The molecule has 0 amide bonds. The molecule has 1 aromatic heterocycles. The Morgan fingerprint density at radius 1 is 1.29 bits per heavy atom. The maximum absolute atomic E-state index is 12.7. The quantitative estimate of drug-likeness (QED) is 0.468. The third-order valence-electron chi connectivity index (χ3n) is 2.69. The largest absolute Gasteiger partial charge is 0.385 e. The predicted molar refractivity (Wildman–Crippen MR) is 84.1 cm³/mol. The van der Waals surface area contributed by atoms with Gasteiger partial charge in [-0.2, -0.15) is 4.31 Å². The predicted octanol–water partition coefficient (Wildman–Crippen LogP) is 2.17. The van der Waals surface area contributed by atoms with Crippen LogP contribution in [0.1, 0.15) is 6.42 Å². The number of rotatable bonds is 9. The van der Waals surface area contributed by atoms with Crippen LogP contribution in [0.25, 0.3) is 0 Å². The smallest absolute Gasteiger partial charge is 0.246 e. The fraction of sp³-hybridized carbons (Fsp3) is 0.583. The number of pyridine rings is 1. The lowest BCUT2D eigenvalue weighted by Crippen LogP contribution is -2.35. The van der Waals surface area contributed by atoms with Gasteiger partial charge in [0.05, 0.1) is 6.61 Å². The van der Waals surface area contributed by atoms with E-state index in [0.29, 0.717) is 30.7 Å². The average molecular weight is 402 g/mol. The highest BCUT2D eigenvalue weighted by Crippen LogP contribution is 2.25. The van der Waals surface area contributed by atoms with Crippen molar-refractivity contribution in [2.24, 2.45) is 0 Å². The topological polar surface area (TPSA) is 68.7 Å². The first kappa shape index (κ1) is 18.8. The van der Waals surface area contributed by atoms with E-state index >= 15 is 0 Å². The van der Waals surface area contributed by atoms with E-state index in [4.69, 9.17) is 21.1 Å². The van der Waals surface area contributed by atoms with Gasteiger partial charge in [0, 0.05) is 44.6 Å². The van der Waals surface area contributed by atoms with Crippen molar-refractivity contribution in [2.45, 2.75) is 11.3 Å². The first-order chi connectivity index (χ1) is 9.93. The fourth-order valence-electron chi connectivity index (χ4n) is 1.65. The summed E-state index contributed by atoms with van der Waals surface area (Å²) in [6.45, 7) is 1.34. The first-order valence-electron chi connectivity index (χ1n) is 6.22. The van der Waals surface area contributed by atoms with Gasteiger partial charge < -0.3 is 9.47 Å². The van der Waals surface area contributed by atoms with Crippen molar-refractivity contribution in [2.75, 3.05) is 40.5 Å². The highest BCUT2D eigenvalue weighted by atomic mass is 79.9. The van der Waals surface area contributed by atoms with Gasteiger partial charge in [-0.3, -0.25) is 0 Å². The van der Waals surface area contributed by atoms with Crippen molar-refractivity contribution >= 4 is 37.6 Å². The molecule has 6 nitrogen and oxygen atoms in total. The molecule has 0 bridgehead atoms. The van der Waals surface area contributed by atoms with Crippen molar-refractivity contribution in [1.29, 1.82) is 0 Å². The van der Waals surface area contributed by atoms with Gasteiger partial charge >= 0.3 is 0 Å². The summed E-state index contributed by atoms with van der Waals surface area (Å²) < 4.78 is 37.2. The van der Waals surface area contributed by atoms with Gasteiger partial charge in [0.1, 0.15) is 10.0 Å². The van der Waals surface area contributed by atoms with Crippen LogP contribution in [-0.4, -0.2) is 58.2 Å². The Bertz CT molecular complexity index is 556. The molecule has 0 saturated heterocycles. The Labute approximate surface area is 138 Å². The molecule has 1 aromatic rings. The van der Waals surface area contributed by atoms with Crippen molar-refractivity contribution in [3.63, 3.8) is 0 Å². The lowest BCUT2D eigenvalue weighted by Gasteiger charge is -2.22. The summed E-state index contributed by atoms with van der Waals surface area (Å²) in [5, 5.41) is -0.0487. The van der Waals surface area contributed by atoms with Crippen LogP contribution >= 0.6 is 27.5 Å². The van der Waals surface area contributed by atoms with Gasteiger partial charge in [-0.15, -0.1) is 0 Å². The molecule has 0 atom stereocenters. The minimum Gasteiger partial charge on any atom is -0.385 e. The standard InChI is InChI=1S/C12H18BrClN2O4S/c1-19-6-3-4-16(5-7-20-2)21(17,18)11-8-10(13)9-15-12(11)14/h8-9H,3-7H2,1-2H3. The summed E-state index contributed by atoms with van der Waals surface area (Å²) >= 11 is 9.13. The summed E-state index contributed by atoms with van der Waals surface area (Å²) in [7, 11) is -0.640. The molecule has 0 spiro atoms. The summed E-state index contributed by atoms with van der Waals surface area (Å²) in [6.07, 6.45) is 2.03.